The van der Waals surface area contributed by atoms with Gasteiger partial charge < -0.3 is 20.3 Å². The maximum absolute atomic E-state index is 13.1. The maximum atomic E-state index is 13.1. The van der Waals surface area contributed by atoms with Crippen molar-refractivity contribution in [3.63, 3.8) is 0 Å². The lowest BCUT2D eigenvalue weighted by Crippen LogP contribution is -2.50. The number of alkyl halides is 3. The van der Waals surface area contributed by atoms with Crippen molar-refractivity contribution in [1.82, 2.24) is 9.88 Å². The lowest BCUT2D eigenvalue weighted by atomic mass is 10.2. The Kier molecular flexibility index (Phi) is 6.54. The van der Waals surface area contributed by atoms with E-state index in [0.717, 1.165) is 24.3 Å². The van der Waals surface area contributed by atoms with E-state index in [1.165, 1.54) is 4.90 Å². The van der Waals surface area contributed by atoms with Crippen LogP contribution >= 0.6 is 11.6 Å². The van der Waals surface area contributed by atoms with Crippen LogP contribution in [0.3, 0.4) is 0 Å². The number of hydrogen-bond donors (Lipinski definition) is 1. The molecule has 0 spiro atoms. The number of hydrogen-bond acceptors (Lipinski definition) is 6. The molecule has 0 saturated carbocycles. The minimum atomic E-state index is -4.55. The molecule has 2 N–H and O–H groups in total. The smallest absolute Gasteiger partial charge is 0.417 e. The number of nitrogen functional groups attached to an aromatic ring is 1. The summed E-state index contributed by atoms with van der Waals surface area (Å²) in [5, 5.41) is -0.139. The molecule has 0 unspecified atom stereocenters. The van der Waals surface area contributed by atoms with Crippen molar-refractivity contribution < 1.29 is 31.9 Å². The van der Waals surface area contributed by atoms with Crippen molar-refractivity contribution >= 4 is 35.0 Å². The SMILES string of the molecule is Nc1cc(F)ccc1C(=O)OCC(=O)N1CCN(c2ncc(C(F)(F)F)cc2Cl)CC1. The van der Waals surface area contributed by atoms with Crippen LogP contribution in [0.1, 0.15) is 15.9 Å². The summed E-state index contributed by atoms with van der Waals surface area (Å²) < 4.78 is 56.2. The molecule has 31 heavy (non-hydrogen) atoms. The van der Waals surface area contributed by atoms with E-state index in [1.807, 2.05) is 0 Å². The van der Waals surface area contributed by atoms with Crippen LogP contribution < -0.4 is 10.6 Å². The average molecular weight is 461 g/mol. The van der Waals surface area contributed by atoms with Gasteiger partial charge in [0.05, 0.1) is 16.1 Å². The summed E-state index contributed by atoms with van der Waals surface area (Å²) in [5.41, 5.74) is 4.46. The molecule has 2 aromatic rings. The van der Waals surface area contributed by atoms with Crippen molar-refractivity contribution in [2.45, 2.75) is 6.18 Å². The van der Waals surface area contributed by atoms with Crippen LogP contribution in [-0.2, 0) is 15.7 Å². The Bertz CT molecular complexity index is 995. The fourth-order valence-corrected chi connectivity index (χ4v) is 3.29. The van der Waals surface area contributed by atoms with Gasteiger partial charge in [0.1, 0.15) is 11.6 Å². The minimum Gasteiger partial charge on any atom is -0.452 e. The van der Waals surface area contributed by atoms with Crippen LogP contribution in [0.25, 0.3) is 0 Å². The fraction of sp³-hybridized carbons (Fsp3) is 0.316. The summed E-state index contributed by atoms with van der Waals surface area (Å²) in [6.07, 6.45) is -3.84. The van der Waals surface area contributed by atoms with Crippen molar-refractivity contribution in [3.05, 3.63) is 52.4 Å². The number of anilines is 2. The number of piperazine rings is 1. The molecule has 2 heterocycles. The van der Waals surface area contributed by atoms with E-state index in [4.69, 9.17) is 22.1 Å². The molecule has 0 atom stereocenters. The highest BCUT2D eigenvalue weighted by atomic mass is 35.5. The number of esters is 1. The third kappa shape index (κ3) is 5.35. The third-order valence-electron chi connectivity index (χ3n) is 4.64. The van der Waals surface area contributed by atoms with Crippen LogP contribution in [0.15, 0.2) is 30.5 Å². The largest absolute Gasteiger partial charge is 0.452 e. The van der Waals surface area contributed by atoms with Crippen molar-refractivity contribution in [1.29, 1.82) is 0 Å². The number of nitrogens with two attached hydrogens (primary N) is 1. The van der Waals surface area contributed by atoms with E-state index in [9.17, 15) is 27.2 Å². The van der Waals surface area contributed by atoms with Crippen LogP contribution in [0, 0.1) is 5.82 Å². The lowest BCUT2D eigenvalue weighted by Gasteiger charge is -2.35. The number of nitrogens with zero attached hydrogens (tertiary/aromatic N) is 3. The molecule has 12 heteroatoms. The Morgan fingerprint density at radius 1 is 1.16 bits per heavy atom. The monoisotopic (exact) mass is 460 g/mol. The van der Waals surface area contributed by atoms with Crippen LogP contribution in [0.5, 0.6) is 0 Å². The minimum absolute atomic E-state index is 0.0537. The Labute approximate surface area is 179 Å². The zero-order chi connectivity index (χ0) is 22.8. The van der Waals surface area contributed by atoms with Gasteiger partial charge in [-0.25, -0.2) is 14.2 Å². The van der Waals surface area contributed by atoms with Gasteiger partial charge in [0.2, 0.25) is 0 Å². The number of pyridine rings is 1. The topological polar surface area (TPSA) is 88.8 Å². The number of rotatable bonds is 4. The Balaban J connectivity index is 1.53. The number of carbonyl (C=O) groups excluding carboxylic acids is 2. The van der Waals surface area contributed by atoms with Crippen molar-refractivity contribution in [2.24, 2.45) is 0 Å². The second kappa shape index (κ2) is 8.96. The predicted octanol–water partition coefficient (Wildman–Crippen LogP) is 2.98. The summed E-state index contributed by atoms with van der Waals surface area (Å²) in [7, 11) is 0. The molecule has 1 aromatic carbocycles. The summed E-state index contributed by atoms with van der Waals surface area (Å²) in [4.78, 5) is 31.3. The molecule has 1 aliphatic heterocycles. The molecule has 0 radical (unpaired) electrons. The third-order valence-corrected chi connectivity index (χ3v) is 4.92. The second-order valence-electron chi connectivity index (χ2n) is 6.70. The van der Waals surface area contributed by atoms with Crippen LogP contribution in [0.4, 0.5) is 29.1 Å². The van der Waals surface area contributed by atoms with Gasteiger partial charge >= 0.3 is 12.1 Å². The highest BCUT2D eigenvalue weighted by Crippen LogP contribution is 2.33. The number of amides is 1. The van der Waals surface area contributed by atoms with Crippen molar-refractivity contribution in [3.8, 4) is 0 Å². The Morgan fingerprint density at radius 2 is 1.84 bits per heavy atom. The normalized spacial score (nSPS) is 14.5. The van der Waals surface area contributed by atoms with E-state index >= 15 is 0 Å². The first-order chi connectivity index (χ1) is 14.6. The predicted molar refractivity (Wildman–Crippen MR) is 104 cm³/mol. The van der Waals surface area contributed by atoms with E-state index < -0.39 is 36.0 Å². The zero-order valence-electron chi connectivity index (χ0n) is 16.0. The number of benzene rings is 1. The number of ether oxygens (including phenoxy) is 1. The molecule has 3 rings (SSSR count). The van der Waals surface area contributed by atoms with Crippen LogP contribution in [-0.4, -0.2) is 54.5 Å². The number of aromatic nitrogens is 1. The van der Waals surface area contributed by atoms with Gasteiger partial charge in [-0.3, -0.25) is 4.79 Å². The first kappa shape index (κ1) is 22.6. The maximum Gasteiger partial charge on any atom is 0.417 e. The van der Waals surface area contributed by atoms with Gasteiger partial charge in [0, 0.05) is 38.1 Å². The Morgan fingerprint density at radius 3 is 2.42 bits per heavy atom. The zero-order valence-corrected chi connectivity index (χ0v) is 16.7. The molecule has 1 saturated heterocycles. The van der Waals surface area contributed by atoms with Gasteiger partial charge in [-0.15, -0.1) is 0 Å². The van der Waals surface area contributed by atoms with E-state index in [0.29, 0.717) is 6.20 Å². The number of carbonyl (C=O) groups is 2. The first-order valence-electron chi connectivity index (χ1n) is 9.04. The highest BCUT2D eigenvalue weighted by Gasteiger charge is 2.32. The van der Waals surface area contributed by atoms with Gasteiger partial charge in [-0.05, 0) is 24.3 Å². The second-order valence-corrected chi connectivity index (χ2v) is 7.11. The van der Waals surface area contributed by atoms with E-state index in [2.05, 4.69) is 4.98 Å². The molecule has 166 valence electrons. The summed E-state index contributed by atoms with van der Waals surface area (Å²) >= 11 is 5.96. The molecule has 7 nitrogen and oxygen atoms in total. The van der Waals surface area contributed by atoms with Gasteiger partial charge in [-0.2, -0.15) is 13.2 Å². The quantitative estimate of drug-likeness (QED) is 0.429. The van der Waals surface area contributed by atoms with E-state index in [-0.39, 0.29) is 48.3 Å². The summed E-state index contributed by atoms with van der Waals surface area (Å²) in [5.74, 6) is -1.73. The lowest BCUT2D eigenvalue weighted by molar-refractivity contribution is -0.138. The standard InChI is InChI=1S/C19H17ClF4N4O3/c20-14-7-11(19(22,23)24)9-26-17(14)28-5-3-27(4-6-28)16(29)10-31-18(30)13-2-1-12(21)8-15(13)25/h1-2,7-9H,3-6,10,25H2. The fourth-order valence-electron chi connectivity index (χ4n) is 3.00. The Hall–Kier alpha value is -3.08. The molecule has 1 aromatic heterocycles. The summed E-state index contributed by atoms with van der Waals surface area (Å²) in [6.45, 7) is 0.489. The highest BCUT2D eigenvalue weighted by molar-refractivity contribution is 6.33. The molecule has 1 amide bonds. The molecule has 1 fully saturated rings. The van der Waals surface area contributed by atoms with Gasteiger partial charge in [0.25, 0.3) is 5.91 Å². The molecular weight excluding hydrogens is 444 g/mol. The molecular formula is C19H17ClF4N4O3. The van der Waals surface area contributed by atoms with Crippen LogP contribution in [0.2, 0.25) is 5.02 Å². The summed E-state index contributed by atoms with van der Waals surface area (Å²) in [6, 6.07) is 3.99. The number of halogens is 5. The van der Waals surface area contributed by atoms with E-state index in [1.54, 1.807) is 4.90 Å². The van der Waals surface area contributed by atoms with Crippen molar-refractivity contribution in [2.75, 3.05) is 43.4 Å². The molecule has 0 bridgehead atoms. The first-order valence-corrected chi connectivity index (χ1v) is 9.41. The van der Waals surface area contributed by atoms with Gasteiger partial charge in [-0.1, -0.05) is 11.6 Å². The average Bonchev–Trinajstić information content (AvgIpc) is 2.71. The molecule has 1 aliphatic rings. The van der Waals surface area contributed by atoms with Gasteiger partial charge in [0.15, 0.2) is 6.61 Å². The molecule has 0 aliphatic carbocycles.